The second kappa shape index (κ2) is 6.34. The molecule has 0 saturated heterocycles. The summed E-state index contributed by atoms with van der Waals surface area (Å²) in [6, 6.07) is 13.5. The number of benzene rings is 2. The van der Waals surface area contributed by atoms with Crippen molar-refractivity contribution < 1.29 is 4.79 Å². The normalized spacial score (nSPS) is 10.6. The summed E-state index contributed by atoms with van der Waals surface area (Å²) in [5.41, 5.74) is 4.76. The van der Waals surface area contributed by atoms with Crippen LogP contribution in [0.25, 0.3) is 0 Å². The molecule has 115 valence electrons. The van der Waals surface area contributed by atoms with E-state index in [1.54, 1.807) is 6.20 Å². The van der Waals surface area contributed by atoms with Gasteiger partial charge in [0.1, 0.15) is 0 Å². The second-order valence-corrected chi connectivity index (χ2v) is 6.47. The van der Waals surface area contributed by atoms with E-state index in [1.807, 2.05) is 56.3 Å². The molecule has 1 radical (unpaired) electrons. The van der Waals surface area contributed by atoms with Crippen LogP contribution in [0.2, 0.25) is 0 Å². The van der Waals surface area contributed by atoms with Crippen LogP contribution in [0.4, 0.5) is 10.8 Å². The summed E-state index contributed by atoms with van der Waals surface area (Å²) in [5, 5.41) is 3.95. The Morgan fingerprint density at radius 2 is 1.91 bits per heavy atom. The van der Waals surface area contributed by atoms with Gasteiger partial charge < -0.3 is 5.32 Å². The third kappa shape index (κ3) is 3.32. The standard InChI is InChI=1S/C19H17N2OS/c1-12-8-9-15(10-14(12)3)21-19-20-11-17(23-19)18(22)16-7-5-4-6-13(16)2/h4-11H,1H2,2-3H3,(H,20,21). The number of carbonyl (C=O) groups is 1. The Hall–Kier alpha value is -2.46. The Bertz CT molecular complexity index is 867. The molecule has 0 amide bonds. The lowest BCUT2D eigenvalue weighted by Gasteiger charge is -2.05. The molecule has 0 unspecified atom stereocenters. The van der Waals surface area contributed by atoms with Gasteiger partial charge in [-0.05, 0) is 49.6 Å². The van der Waals surface area contributed by atoms with Gasteiger partial charge in [-0.15, -0.1) is 0 Å². The maximum atomic E-state index is 12.6. The van der Waals surface area contributed by atoms with E-state index in [2.05, 4.69) is 17.2 Å². The molecule has 23 heavy (non-hydrogen) atoms. The highest BCUT2D eigenvalue weighted by Crippen LogP contribution is 2.26. The van der Waals surface area contributed by atoms with Crippen LogP contribution in [-0.2, 0) is 0 Å². The van der Waals surface area contributed by atoms with E-state index >= 15 is 0 Å². The van der Waals surface area contributed by atoms with E-state index in [4.69, 9.17) is 0 Å². The van der Waals surface area contributed by atoms with Crippen molar-refractivity contribution in [3.8, 4) is 0 Å². The van der Waals surface area contributed by atoms with Gasteiger partial charge in [0, 0.05) is 11.3 Å². The third-order valence-electron chi connectivity index (χ3n) is 3.71. The van der Waals surface area contributed by atoms with E-state index in [0.717, 1.165) is 27.9 Å². The van der Waals surface area contributed by atoms with Gasteiger partial charge in [-0.2, -0.15) is 0 Å². The van der Waals surface area contributed by atoms with Gasteiger partial charge in [0.2, 0.25) is 5.78 Å². The van der Waals surface area contributed by atoms with Gasteiger partial charge in [-0.1, -0.05) is 41.7 Å². The van der Waals surface area contributed by atoms with Crippen molar-refractivity contribution in [3.63, 3.8) is 0 Å². The fourth-order valence-electron chi connectivity index (χ4n) is 2.29. The van der Waals surface area contributed by atoms with Gasteiger partial charge in [-0.3, -0.25) is 4.79 Å². The van der Waals surface area contributed by atoms with E-state index in [0.29, 0.717) is 10.0 Å². The smallest absolute Gasteiger partial charge is 0.204 e. The number of aromatic nitrogens is 1. The van der Waals surface area contributed by atoms with Crippen molar-refractivity contribution >= 4 is 27.9 Å². The zero-order valence-electron chi connectivity index (χ0n) is 13.1. The number of carbonyl (C=O) groups excluding carboxylic acids is 1. The molecule has 0 saturated carbocycles. The molecule has 0 fully saturated rings. The molecule has 0 spiro atoms. The van der Waals surface area contributed by atoms with Gasteiger partial charge >= 0.3 is 0 Å². The first-order chi connectivity index (χ1) is 11.0. The Balaban J connectivity index is 1.81. The zero-order valence-corrected chi connectivity index (χ0v) is 13.9. The molecule has 3 aromatic rings. The number of hydrogen-bond acceptors (Lipinski definition) is 4. The number of aryl methyl sites for hydroxylation is 2. The average molecular weight is 321 g/mol. The Kier molecular flexibility index (Phi) is 4.26. The van der Waals surface area contributed by atoms with Crippen LogP contribution in [0.3, 0.4) is 0 Å². The van der Waals surface area contributed by atoms with Crippen LogP contribution in [0, 0.1) is 20.8 Å². The molecule has 1 aromatic heterocycles. The van der Waals surface area contributed by atoms with Gasteiger partial charge in [0.15, 0.2) is 5.13 Å². The van der Waals surface area contributed by atoms with Crippen molar-refractivity contribution in [2.75, 3.05) is 5.32 Å². The van der Waals surface area contributed by atoms with Crippen molar-refractivity contribution in [2.24, 2.45) is 0 Å². The predicted octanol–water partition coefficient (Wildman–Crippen LogP) is 4.92. The number of nitrogens with zero attached hydrogens (tertiary/aromatic N) is 1. The zero-order chi connectivity index (χ0) is 16.4. The summed E-state index contributed by atoms with van der Waals surface area (Å²) in [5.74, 6) is 0.0120. The molecule has 1 heterocycles. The minimum atomic E-state index is 0.0120. The molecule has 3 nitrogen and oxygen atoms in total. The molecule has 0 atom stereocenters. The lowest BCUT2D eigenvalue weighted by Crippen LogP contribution is -2.00. The lowest BCUT2D eigenvalue weighted by molar-refractivity contribution is 0.104. The number of nitrogens with one attached hydrogen (secondary N) is 1. The minimum absolute atomic E-state index is 0.0120. The van der Waals surface area contributed by atoms with E-state index in [1.165, 1.54) is 11.3 Å². The Morgan fingerprint density at radius 3 is 2.65 bits per heavy atom. The lowest BCUT2D eigenvalue weighted by atomic mass is 10.0. The highest BCUT2D eigenvalue weighted by molar-refractivity contribution is 7.17. The van der Waals surface area contributed by atoms with Crippen molar-refractivity contribution in [3.05, 3.63) is 82.7 Å². The first-order valence-corrected chi connectivity index (χ1v) is 8.12. The average Bonchev–Trinajstić information content (AvgIpc) is 2.99. The topological polar surface area (TPSA) is 42.0 Å². The number of hydrogen-bond donors (Lipinski definition) is 1. The van der Waals surface area contributed by atoms with Crippen molar-refractivity contribution in [1.82, 2.24) is 4.98 Å². The van der Waals surface area contributed by atoms with Crippen molar-refractivity contribution in [2.45, 2.75) is 13.8 Å². The first-order valence-electron chi connectivity index (χ1n) is 7.30. The monoisotopic (exact) mass is 321 g/mol. The SMILES string of the molecule is [CH2]c1ccc(Nc2ncc(C(=O)c3ccccc3C)s2)cc1C. The summed E-state index contributed by atoms with van der Waals surface area (Å²) in [7, 11) is 0. The van der Waals surface area contributed by atoms with Crippen LogP contribution in [-0.4, -0.2) is 10.8 Å². The molecule has 2 aromatic carbocycles. The van der Waals surface area contributed by atoms with Gasteiger partial charge in [-0.25, -0.2) is 4.98 Å². The molecular weight excluding hydrogens is 304 g/mol. The molecule has 0 aliphatic heterocycles. The van der Waals surface area contributed by atoms with Crippen LogP contribution < -0.4 is 5.32 Å². The molecule has 4 heteroatoms. The fraction of sp³-hybridized carbons (Fsp3) is 0.105. The fourth-order valence-corrected chi connectivity index (χ4v) is 3.09. The summed E-state index contributed by atoms with van der Waals surface area (Å²) in [6.07, 6.45) is 1.63. The number of thiazole rings is 1. The van der Waals surface area contributed by atoms with Crippen molar-refractivity contribution in [1.29, 1.82) is 0 Å². The van der Waals surface area contributed by atoms with Crippen LogP contribution in [0.1, 0.15) is 31.9 Å². The molecule has 0 aliphatic carbocycles. The summed E-state index contributed by atoms with van der Waals surface area (Å²) >= 11 is 1.36. The number of ketones is 1. The van der Waals surface area contributed by atoms with E-state index in [9.17, 15) is 4.79 Å². The second-order valence-electron chi connectivity index (χ2n) is 5.44. The summed E-state index contributed by atoms with van der Waals surface area (Å²) < 4.78 is 0. The third-order valence-corrected chi connectivity index (χ3v) is 4.62. The Labute approximate surface area is 140 Å². The maximum Gasteiger partial charge on any atom is 0.204 e. The van der Waals surface area contributed by atoms with E-state index in [-0.39, 0.29) is 5.78 Å². The highest BCUT2D eigenvalue weighted by Gasteiger charge is 2.14. The predicted molar refractivity (Wildman–Crippen MR) is 95.6 cm³/mol. The number of rotatable bonds is 4. The summed E-state index contributed by atoms with van der Waals surface area (Å²) in [6.45, 7) is 7.91. The number of anilines is 2. The van der Waals surface area contributed by atoms with Gasteiger partial charge in [0.25, 0.3) is 0 Å². The molecule has 0 bridgehead atoms. The van der Waals surface area contributed by atoms with E-state index < -0.39 is 0 Å². The molecule has 0 aliphatic rings. The van der Waals surface area contributed by atoms with Crippen LogP contribution in [0.15, 0.2) is 48.7 Å². The highest BCUT2D eigenvalue weighted by atomic mass is 32.1. The minimum Gasteiger partial charge on any atom is -0.332 e. The largest absolute Gasteiger partial charge is 0.332 e. The summed E-state index contributed by atoms with van der Waals surface area (Å²) in [4.78, 5) is 17.5. The maximum absolute atomic E-state index is 12.6. The van der Waals surface area contributed by atoms with Gasteiger partial charge in [0.05, 0.1) is 11.1 Å². The quantitative estimate of drug-likeness (QED) is 0.694. The first kappa shape index (κ1) is 15.4. The van der Waals surface area contributed by atoms with Crippen LogP contribution in [0.5, 0.6) is 0 Å². The molecule has 1 N–H and O–H groups in total. The Morgan fingerprint density at radius 1 is 1.13 bits per heavy atom. The molecular formula is C19H17N2OS. The van der Waals surface area contributed by atoms with Crippen LogP contribution >= 0.6 is 11.3 Å². The molecule has 3 rings (SSSR count).